The number of aromatic nitrogens is 6. The van der Waals surface area contributed by atoms with Crippen LogP contribution in [0, 0.1) is 0 Å². The predicted molar refractivity (Wildman–Crippen MR) is 149 cm³/mol. The van der Waals surface area contributed by atoms with Gasteiger partial charge in [-0.05, 0) is 61.5 Å². The number of Topliss-reactive ketones (excluding diaryl/α,β-unsaturated/α-hetero) is 1. The number of nitrogens with one attached hydrogen (secondary N) is 3. The normalized spacial score (nSPS) is 13.2. The van der Waals surface area contributed by atoms with Gasteiger partial charge in [0.1, 0.15) is 5.52 Å². The van der Waals surface area contributed by atoms with Gasteiger partial charge in [0.25, 0.3) is 0 Å². The maximum absolute atomic E-state index is 11.9. The van der Waals surface area contributed by atoms with Crippen LogP contribution in [-0.4, -0.2) is 42.5 Å². The van der Waals surface area contributed by atoms with E-state index in [2.05, 4.69) is 38.5 Å². The van der Waals surface area contributed by atoms with E-state index < -0.39 is 0 Å². The molecular formula is C28H26N8OS. The Balaban J connectivity index is 1.41. The molecule has 0 saturated carbocycles. The number of nitrogens with zero attached hydrogens (tertiary/aromatic N) is 4. The Morgan fingerprint density at radius 1 is 1.13 bits per heavy atom. The van der Waals surface area contributed by atoms with Crippen LogP contribution in [0.2, 0.25) is 0 Å². The van der Waals surface area contributed by atoms with E-state index in [0.29, 0.717) is 28.3 Å². The predicted octanol–water partition coefficient (Wildman–Crippen LogP) is 4.61. The summed E-state index contributed by atoms with van der Waals surface area (Å²) in [5.74, 6) is 0.648. The second kappa shape index (κ2) is 9.81. The highest BCUT2D eigenvalue weighted by molar-refractivity contribution is 7.15. The highest BCUT2D eigenvalue weighted by atomic mass is 32.1. The van der Waals surface area contributed by atoms with Crippen LogP contribution in [0.15, 0.2) is 60.6 Å². The zero-order chi connectivity index (χ0) is 26.2. The van der Waals surface area contributed by atoms with Gasteiger partial charge in [-0.1, -0.05) is 6.92 Å². The van der Waals surface area contributed by atoms with E-state index in [1.807, 2.05) is 48.8 Å². The molecule has 0 radical (unpaired) electrons. The lowest BCUT2D eigenvalue weighted by Crippen LogP contribution is -2.11. The SMILES string of the molecule is CCNCc1cncc(-c2ccc3[nH]nc(-c4nc5c([nH]4)CC(N)=CC=C5c4ccc(C(C)=O)s4)c3n2)c1. The fourth-order valence-corrected chi connectivity index (χ4v) is 5.42. The molecule has 10 heteroatoms. The molecule has 1 aliphatic carbocycles. The van der Waals surface area contributed by atoms with Crippen LogP contribution in [-0.2, 0) is 13.0 Å². The molecule has 0 amide bonds. The highest BCUT2D eigenvalue weighted by Gasteiger charge is 2.23. The van der Waals surface area contributed by atoms with Gasteiger partial charge in [-0.2, -0.15) is 5.10 Å². The van der Waals surface area contributed by atoms with Crippen LogP contribution in [0.3, 0.4) is 0 Å². The number of H-pyrrole nitrogens is 2. The van der Waals surface area contributed by atoms with Crippen molar-refractivity contribution in [3.8, 4) is 22.8 Å². The van der Waals surface area contributed by atoms with Gasteiger partial charge in [0, 0.05) is 52.8 Å². The summed E-state index contributed by atoms with van der Waals surface area (Å²) in [6.07, 6.45) is 8.07. The molecule has 0 bridgehead atoms. The number of carbonyl (C=O) groups excluding carboxylic acids is 1. The molecular weight excluding hydrogens is 496 g/mol. The van der Waals surface area contributed by atoms with Gasteiger partial charge >= 0.3 is 0 Å². The smallest absolute Gasteiger partial charge is 0.169 e. The average molecular weight is 523 g/mol. The number of rotatable bonds is 7. The highest BCUT2D eigenvalue weighted by Crippen LogP contribution is 2.35. The number of pyridine rings is 2. The van der Waals surface area contributed by atoms with E-state index in [-0.39, 0.29) is 5.78 Å². The summed E-state index contributed by atoms with van der Waals surface area (Å²) >= 11 is 1.45. The Morgan fingerprint density at radius 3 is 2.84 bits per heavy atom. The summed E-state index contributed by atoms with van der Waals surface area (Å²) in [7, 11) is 0. The third-order valence-corrected chi connectivity index (χ3v) is 7.62. The summed E-state index contributed by atoms with van der Waals surface area (Å²) in [6.45, 7) is 5.29. The van der Waals surface area contributed by atoms with Gasteiger partial charge in [0.15, 0.2) is 17.3 Å². The molecule has 38 heavy (non-hydrogen) atoms. The largest absolute Gasteiger partial charge is 0.402 e. The van der Waals surface area contributed by atoms with E-state index in [9.17, 15) is 4.79 Å². The first-order chi connectivity index (χ1) is 18.5. The minimum absolute atomic E-state index is 0.0423. The van der Waals surface area contributed by atoms with Crippen LogP contribution in [0.4, 0.5) is 0 Å². The van der Waals surface area contributed by atoms with Crippen molar-refractivity contribution in [1.29, 1.82) is 0 Å². The van der Waals surface area contributed by atoms with Crippen molar-refractivity contribution in [2.24, 2.45) is 5.73 Å². The second-order valence-corrected chi connectivity index (χ2v) is 10.2. The van der Waals surface area contributed by atoms with Crippen molar-refractivity contribution < 1.29 is 4.79 Å². The molecule has 0 fully saturated rings. The molecule has 0 aliphatic heterocycles. The number of carbonyl (C=O) groups is 1. The molecule has 5 N–H and O–H groups in total. The molecule has 0 spiro atoms. The Morgan fingerprint density at radius 2 is 2.03 bits per heavy atom. The average Bonchev–Trinajstić information content (AvgIpc) is 3.65. The zero-order valence-electron chi connectivity index (χ0n) is 21.0. The number of hydrogen-bond acceptors (Lipinski definition) is 8. The van der Waals surface area contributed by atoms with Gasteiger partial charge in [0.05, 0.1) is 21.8 Å². The quantitative estimate of drug-likeness (QED) is 0.229. The number of hydrogen-bond donors (Lipinski definition) is 4. The maximum Gasteiger partial charge on any atom is 0.169 e. The standard InChI is InChI=1S/C28H26N8OS/c1-3-30-12-16-10-17(14-31-13-16)20-6-7-21-26(32-20)27(36-35-21)28-33-22-11-18(29)4-5-19(25(22)34-28)24-9-8-23(38-24)15(2)37/h4-10,13-14,30H,3,11-12,29H2,1-2H3,(H,33,34)(H,35,36). The Hall–Kier alpha value is -4.41. The van der Waals surface area contributed by atoms with E-state index in [1.54, 1.807) is 6.92 Å². The van der Waals surface area contributed by atoms with Crippen molar-refractivity contribution in [2.45, 2.75) is 26.8 Å². The first-order valence-electron chi connectivity index (χ1n) is 12.4. The van der Waals surface area contributed by atoms with Crippen LogP contribution in [0.25, 0.3) is 39.4 Å². The van der Waals surface area contributed by atoms with Crippen molar-refractivity contribution >= 4 is 33.7 Å². The minimum atomic E-state index is 0.0423. The number of imidazole rings is 1. The molecule has 5 aromatic rings. The number of allylic oxidation sites excluding steroid dienone is 3. The summed E-state index contributed by atoms with van der Waals surface area (Å²) in [4.78, 5) is 31.3. The third-order valence-electron chi connectivity index (χ3n) is 6.40. The molecule has 0 unspecified atom stereocenters. The molecule has 0 saturated heterocycles. The van der Waals surface area contributed by atoms with Gasteiger partial charge in [-0.15, -0.1) is 11.3 Å². The molecule has 6 rings (SSSR count). The number of fused-ring (bicyclic) bond motifs is 2. The summed E-state index contributed by atoms with van der Waals surface area (Å²) in [5, 5.41) is 11.0. The molecule has 190 valence electrons. The Labute approximate surface area is 223 Å². The van der Waals surface area contributed by atoms with E-state index in [0.717, 1.165) is 63.0 Å². The summed E-state index contributed by atoms with van der Waals surface area (Å²) < 4.78 is 0. The van der Waals surface area contributed by atoms with Crippen LogP contribution in [0.1, 0.15) is 45.3 Å². The molecule has 0 aromatic carbocycles. The molecule has 0 atom stereocenters. The van der Waals surface area contributed by atoms with Gasteiger partial charge in [-0.3, -0.25) is 14.9 Å². The van der Waals surface area contributed by atoms with Crippen molar-refractivity contribution in [3.63, 3.8) is 0 Å². The fraction of sp³-hybridized carbons (Fsp3) is 0.179. The number of nitrogens with two attached hydrogens (primary N) is 1. The fourth-order valence-electron chi connectivity index (χ4n) is 4.49. The molecule has 9 nitrogen and oxygen atoms in total. The van der Waals surface area contributed by atoms with E-state index >= 15 is 0 Å². The van der Waals surface area contributed by atoms with Gasteiger partial charge in [-0.25, -0.2) is 9.97 Å². The number of ketones is 1. The number of aromatic amines is 2. The lowest BCUT2D eigenvalue weighted by Gasteiger charge is -2.05. The van der Waals surface area contributed by atoms with Crippen molar-refractivity contribution in [1.82, 2.24) is 35.5 Å². The second-order valence-electron chi connectivity index (χ2n) is 9.16. The van der Waals surface area contributed by atoms with Gasteiger partial charge in [0.2, 0.25) is 0 Å². The first-order valence-corrected chi connectivity index (χ1v) is 13.2. The lowest BCUT2D eigenvalue weighted by molar-refractivity contribution is 0.102. The van der Waals surface area contributed by atoms with Crippen molar-refractivity contribution in [2.75, 3.05) is 6.54 Å². The van der Waals surface area contributed by atoms with Crippen LogP contribution < -0.4 is 11.1 Å². The third kappa shape index (κ3) is 4.44. The molecule has 5 heterocycles. The molecule has 1 aliphatic rings. The topological polar surface area (TPSA) is 138 Å². The molecule has 5 aromatic heterocycles. The first kappa shape index (κ1) is 24.0. The Kier molecular flexibility index (Phi) is 6.18. The van der Waals surface area contributed by atoms with Crippen LogP contribution >= 0.6 is 11.3 Å². The minimum Gasteiger partial charge on any atom is -0.402 e. The zero-order valence-corrected chi connectivity index (χ0v) is 21.8. The number of thiophene rings is 1. The van der Waals surface area contributed by atoms with E-state index in [1.165, 1.54) is 11.3 Å². The Bertz CT molecular complexity index is 1740. The summed E-state index contributed by atoms with van der Waals surface area (Å²) in [6, 6.07) is 9.84. The lowest BCUT2D eigenvalue weighted by atomic mass is 10.1. The van der Waals surface area contributed by atoms with Gasteiger partial charge < -0.3 is 16.0 Å². The summed E-state index contributed by atoms with van der Waals surface area (Å²) in [5.41, 5.74) is 14.6. The monoisotopic (exact) mass is 522 g/mol. The van der Waals surface area contributed by atoms with E-state index in [4.69, 9.17) is 15.7 Å². The van der Waals surface area contributed by atoms with Crippen LogP contribution in [0.5, 0.6) is 0 Å². The maximum atomic E-state index is 11.9. The van der Waals surface area contributed by atoms with Crippen molar-refractivity contribution in [3.05, 3.63) is 87.3 Å².